The molecule has 1 N–H and O–H groups in total. The largest absolute Gasteiger partial charge is 0.497 e. The zero-order chi connectivity index (χ0) is 24.4. The summed E-state index contributed by atoms with van der Waals surface area (Å²) in [5, 5.41) is 7.16. The van der Waals surface area contributed by atoms with Crippen LogP contribution in [0.2, 0.25) is 0 Å². The number of halogens is 1. The minimum atomic E-state index is -0.527. The number of allylic oxidation sites excluding steroid dienone is 1. The number of hydrogen-bond donors (Lipinski definition) is 1. The van der Waals surface area contributed by atoms with E-state index in [4.69, 9.17) is 9.26 Å². The molecule has 1 aliphatic heterocycles. The van der Waals surface area contributed by atoms with E-state index in [-0.39, 0.29) is 23.6 Å². The first kappa shape index (κ1) is 22.3. The van der Waals surface area contributed by atoms with Gasteiger partial charge in [0, 0.05) is 11.3 Å². The molecule has 2 amide bonds. The Labute approximate surface area is 201 Å². The van der Waals surface area contributed by atoms with Crippen LogP contribution in [0.25, 0.3) is 17.0 Å². The highest BCUT2D eigenvalue weighted by atomic mass is 19.1. The third-order valence-corrected chi connectivity index (χ3v) is 5.97. The molecule has 0 bridgehead atoms. The monoisotopic (exact) mass is 470 g/mol. The van der Waals surface area contributed by atoms with Crippen molar-refractivity contribution in [3.63, 3.8) is 0 Å². The predicted octanol–water partition coefficient (Wildman–Crippen LogP) is 5.58. The van der Waals surface area contributed by atoms with Gasteiger partial charge in [-0.1, -0.05) is 59.8 Å². The summed E-state index contributed by atoms with van der Waals surface area (Å²) in [6, 6.07) is 22.4. The second-order valence-electron chi connectivity index (χ2n) is 8.16. The summed E-state index contributed by atoms with van der Waals surface area (Å²) in [6.45, 7) is 2.24. The summed E-state index contributed by atoms with van der Waals surface area (Å²) in [6.07, 6.45) is 0. The van der Waals surface area contributed by atoms with E-state index in [1.54, 1.807) is 24.1 Å². The molecule has 35 heavy (non-hydrogen) atoms. The Kier molecular flexibility index (Phi) is 6.01. The fraction of sp³-hybridized carbons (Fsp3) is 0.148. The fourth-order valence-corrected chi connectivity index (χ4v) is 4.14. The number of amides is 2. The third-order valence-electron chi connectivity index (χ3n) is 5.97. The highest BCUT2D eigenvalue weighted by Crippen LogP contribution is 2.38. The molecule has 0 fully saturated rings. The molecular formula is C27H23FN4O3. The number of benzene rings is 3. The van der Waals surface area contributed by atoms with E-state index in [1.165, 1.54) is 12.1 Å². The summed E-state index contributed by atoms with van der Waals surface area (Å²) in [5.41, 5.74) is 3.67. The quantitative estimate of drug-likeness (QED) is 0.398. The zero-order valence-corrected chi connectivity index (χ0v) is 19.2. The number of carbonyl (C=O) groups excluding carboxylic acids is 1. The smallest absolute Gasteiger partial charge is 0.322 e. The number of nitrogens with zero attached hydrogens (tertiary/aromatic N) is 3. The average molecular weight is 471 g/mol. The van der Waals surface area contributed by atoms with Crippen molar-refractivity contribution in [1.29, 1.82) is 0 Å². The number of aromatic nitrogens is 2. The van der Waals surface area contributed by atoms with Gasteiger partial charge in [0.1, 0.15) is 11.6 Å². The number of hydrogen-bond acceptors (Lipinski definition) is 5. The van der Waals surface area contributed by atoms with Crippen LogP contribution in [0.3, 0.4) is 0 Å². The Hall–Kier alpha value is -4.46. The molecule has 176 valence electrons. The van der Waals surface area contributed by atoms with Crippen LogP contribution in [-0.2, 0) is 6.54 Å². The van der Waals surface area contributed by atoms with Gasteiger partial charge in [0.15, 0.2) is 0 Å². The van der Waals surface area contributed by atoms with E-state index >= 15 is 0 Å². The van der Waals surface area contributed by atoms with Crippen molar-refractivity contribution in [3.05, 3.63) is 107 Å². The molecular weight excluding hydrogens is 447 g/mol. The molecule has 2 heterocycles. The van der Waals surface area contributed by atoms with Crippen molar-refractivity contribution in [1.82, 2.24) is 20.4 Å². The van der Waals surface area contributed by atoms with Crippen LogP contribution in [0.4, 0.5) is 9.18 Å². The van der Waals surface area contributed by atoms with Crippen molar-refractivity contribution in [3.8, 4) is 17.1 Å². The highest BCUT2D eigenvalue weighted by Gasteiger charge is 2.35. The van der Waals surface area contributed by atoms with Gasteiger partial charge in [-0.3, -0.25) is 4.90 Å². The van der Waals surface area contributed by atoms with Crippen LogP contribution < -0.4 is 10.1 Å². The van der Waals surface area contributed by atoms with Crippen LogP contribution in [0.1, 0.15) is 30.0 Å². The third kappa shape index (κ3) is 4.50. The number of carbonyl (C=O) groups is 1. The van der Waals surface area contributed by atoms with E-state index in [2.05, 4.69) is 15.5 Å². The van der Waals surface area contributed by atoms with E-state index in [0.717, 1.165) is 11.1 Å². The lowest BCUT2D eigenvalue weighted by Crippen LogP contribution is -2.45. The van der Waals surface area contributed by atoms with Crippen LogP contribution in [-0.4, -0.2) is 28.2 Å². The van der Waals surface area contributed by atoms with Crippen LogP contribution in [0.5, 0.6) is 5.75 Å². The Morgan fingerprint density at radius 2 is 1.83 bits per heavy atom. The number of rotatable bonds is 6. The maximum atomic E-state index is 13.8. The highest BCUT2D eigenvalue weighted by molar-refractivity contribution is 5.86. The molecule has 1 unspecified atom stereocenters. The van der Waals surface area contributed by atoms with E-state index < -0.39 is 6.04 Å². The topological polar surface area (TPSA) is 80.5 Å². The minimum Gasteiger partial charge on any atom is -0.497 e. The Bertz CT molecular complexity index is 1380. The van der Waals surface area contributed by atoms with Crippen molar-refractivity contribution < 1.29 is 18.4 Å². The van der Waals surface area contributed by atoms with Crippen molar-refractivity contribution in [2.24, 2.45) is 0 Å². The predicted molar refractivity (Wildman–Crippen MR) is 129 cm³/mol. The van der Waals surface area contributed by atoms with Crippen LogP contribution in [0, 0.1) is 5.82 Å². The number of methoxy groups -OCH3 is 1. The molecule has 0 saturated heterocycles. The zero-order valence-electron chi connectivity index (χ0n) is 19.2. The van der Waals surface area contributed by atoms with Crippen LogP contribution >= 0.6 is 0 Å². The summed E-state index contributed by atoms with van der Waals surface area (Å²) >= 11 is 0. The molecule has 1 atom stereocenters. The van der Waals surface area contributed by atoms with E-state index in [1.807, 2.05) is 61.5 Å². The molecule has 1 aromatic heterocycles. The molecule has 5 rings (SSSR count). The lowest BCUT2D eigenvalue weighted by atomic mass is 9.94. The van der Waals surface area contributed by atoms with E-state index in [9.17, 15) is 9.18 Å². The number of urea groups is 1. The normalized spacial score (nSPS) is 15.8. The van der Waals surface area contributed by atoms with Gasteiger partial charge in [-0.25, -0.2) is 9.18 Å². The molecule has 3 aromatic carbocycles. The first-order valence-electron chi connectivity index (χ1n) is 11.1. The van der Waals surface area contributed by atoms with Gasteiger partial charge in [-0.2, -0.15) is 4.98 Å². The molecule has 0 aliphatic carbocycles. The summed E-state index contributed by atoms with van der Waals surface area (Å²) in [5.74, 6) is 0.828. The summed E-state index contributed by atoms with van der Waals surface area (Å²) in [7, 11) is 1.60. The van der Waals surface area contributed by atoms with E-state index in [0.29, 0.717) is 29.1 Å². The average Bonchev–Trinajstić information content (AvgIpc) is 3.37. The van der Waals surface area contributed by atoms with Gasteiger partial charge in [-0.15, -0.1) is 0 Å². The molecule has 0 radical (unpaired) electrons. The maximum Gasteiger partial charge on any atom is 0.322 e. The molecule has 0 spiro atoms. The van der Waals surface area contributed by atoms with Gasteiger partial charge in [0.05, 0.1) is 25.3 Å². The van der Waals surface area contributed by atoms with Crippen molar-refractivity contribution in [2.45, 2.75) is 19.5 Å². The van der Waals surface area contributed by atoms with Gasteiger partial charge >= 0.3 is 6.03 Å². The van der Waals surface area contributed by atoms with Gasteiger partial charge in [0.25, 0.3) is 5.89 Å². The maximum absolute atomic E-state index is 13.8. The number of nitrogens with one attached hydrogen (secondary N) is 1. The Morgan fingerprint density at radius 1 is 1.06 bits per heavy atom. The molecule has 4 aromatic rings. The fourth-order valence-electron chi connectivity index (χ4n) is 4.14. The standard InChI is InChI=1S/C27H23FN4O3/c1-17-23(26-30-25(31-35-26)20-9-6-10-21(28)15-20)24(19-11-13-22(34-2)14-12-19)29-27(33)32(17)16-18-7-4-3-5-8-18/h3-15,24H,16H2,1-2H3,(H,29,33). The second-order valence-corrected chi connectivity index (χ2v) is 8.16. The molecule has 0 saturated carbocycles. The molecule has 7 nitrogen and oxygen atoms in total. The van der Waals surface area contributed by atoms with Gasteiger partial charge in [0.2, 0.25) is 5.82 Å². The minimum absolute atomic E-state index is 0.235. The second kappa shape index (κ2) is 9.42. The summed E-state index contributed by atoms with van der Waals surface area (Å²) in [4.78, 5) is 19.4. The number of ether oxygens (including phenoxy) is 1. The van der Waals surface area contributed by atoms with Gasteiger partial charge < -0.3 is 14.6 Å². The first-order chi connectivity index (χ1) is 17.0. The van der Waals surface area contributed by atoms with Crippen molar-refractivity contribution >= 4 is 11.6 Å². The first-order valence-corrected chi connectivity index (χ1v) is 11.1. The lowest BCUT2D eigenvalue weighted by Gasteiger charge is -2.35. The van der Waals surface area contributed by atoms with Crippen LogP contribution in [0.15, 0.2) is 89.1 Å². The summed E-state index contributed by atoms with van der Waals surface area (Å²) < 4.78 is 24.7. The molecule has 8 heteroatoms. The lowest BCUT2D eigenvalue weighted by molar-refractivity contribution is 0.203. The SMILES string of the molecule is COc1ccc(C2NC(=O)N(Cc3ccccc3)C(C)=C2c2nc(-c3cccc(F)c3)no2)cc1. The molecule has 1 aliphatic rings. The Balaban J connectivity index is 1.59. The van der Waals surface area contributed by atoms with Gasteiger partial charge in [-0.05, 0) is 42.3 Å². The van der Waals surface area contributed by atoms with Crippen molar-refractivity contribution in [2.75, 3.05) is 7.11 Å². The Morgan fingerprint density at radius 3 is 2.54 bits per heavy atom.